The zero-order valence-electron chi connectivity index (χ0n) is 17.4. The van der Waals surface area contributed by atoms with E-state index in [1.165, 1.54) is 6.92 Å². The van der Waals surface area contributed by atoms with E-state index in [1.54, 1.807) is 0 Å². The summed E-state index contributed by atoms with van der Waals surface area (Å²) in [6, 6.07) is 3.06. The second-order valence-electron chi connectivity index (χ2n) is 7.48. The molecular weight excluding hydrogens is 392 g/mol. The molecule has 1 aromatic heterocycles. The Bertz CT molecular complexity index is 1000. The Labute approximate surface area is 171 Å². The maximum atomic E-state index is 12.5. The number of ketones is 1. The van der Waals surface area contributed by atoms with E-state index >= 15 is 0 Å². The normalized spacial score (nSPS) is 11.6. The second kappa shape index (κ2) is 8.69. The van der Waals surface area contributed by atoms with Gasteiger partial charge in [-0.3, -0.25) is 4.79 Å². The van der Waals surface area contributed by atoms with Crippen molar-refractivity contribution >= 4 is 27.5 Å². The van der Waals surface area contributed by atoms with Crippen LogP contribution in [-0.4, -0.2) is 30.2 Å². The number of nitrogens with one attached hydrogen (secondary N) is 2. The number of aryl methyl sites for hydroxylation is 1. The predicted molar refractivity (Wildman–Crippen MR) is 111 cm³/mol. The van der Waals surface area contributed by atoms with E-state index in [2.05, 4.69) is 15.3 Å². The summed E-state index contributed by atoms with van der Waals surface area (Å²) in [5.41, 5.74) is 3.55. The molecule has 0 radical (unpaired) electrons. The van der Waals surface area contributed by atoms with Crippen molar-refractivity contribution in [3.8, 4) is 0 Å². The number of aromatic nitrogens is 2. The van der Waals surface area contributed by atoms with Gasteiger partial charge in [-0.2, -0.15) is 8.42 Å². The van der Waals surface area contributed by atoms with Crippen LogP contribution < -0.4 is 10.0 Å². The molecule has 2 aromatic rings. The standard InChI is InChI=1S/C20H26N4O4S/c1-11(2)15-7-13(5)8-16(12(3)4)19(15)23-20(26)24-29(27,28)18-10-21-17(9-22-18)14(6)25/h7-12H,1-6H3,(H2,23,24,26). The van der Waals surface area contributed by atoms with Crippen molar-refractivity contribution in [1.29, 1.82) is 0 Å². The lowest BCUT2D eigenvalue weighted by molar-refractivity contribution is 0.101. The molecule has 2 rings (SSSR count). The molecule has 0 bridgehead atoms. The number of Topliss-reactive ketones (excluding diaryl/α,β-unsaturated/α-hetero) is 1. The van der Waals surface area contributed by atoms with E-state index in [0.29, 0.717) is 5.69 Å². The van der Waals surface area contributed by atoms with Gasteiger partial charge in [0.25, 0.3) is 10.0 Å². The largest absolute Gasteiger partial charge is 0.333 e. The number of benzene rings is 1. The number of nitrogens with zero attached hydrogens (tertiary/aromatic N) is 2. The fourth-order valence-electron chi connectivity index (χ4n) is 2.85. The number of anilines is 1. The van der Waals surface area contributed by atoms with Crippen LogP contribution in [0.25, 0.3) is 0 Å². The van der Waals surface area contributed by atoms with Crippen LogP contribution in [0.3, 0.4) is 0 Å². The molecule has 0 atom stereocenters. The Kier molecular flexibility index (Phi) is 6.73. The maximum Gasteiger partial charge on any atom is 0.333 e. The van der Waals surface area contributed by atoms with Gasteiger partial charge in [0.1, 0.15) is 5.69 Å². The molecule has 0 saturated carbocycles. The quantitative estimate of drug-likeness (QED) is 0.690. The van der Waals surface area contributed by atoms with Crippen molar-refractivity contribution in [2.75, 3.05) is 5.32 Å². The van der Waals surface area contributed by atoms with Gasteiger partial charge in [0.15, 0.2) is 10.8 Å². The number of urea groups is 1. The Morgan fingerprint density at radius 2 is 1.52 bits per heavy atom. The molecular formula is C20H26N4O4S. The molecule has 0 unspecified atom stereocenters. The first-order valence-corrected chi connectivity index (χ1v) is 10.7. The molecule has 9 heteroatoms. The predicted octanol–water partition coefficient (Wildman–Crippen LogP) is 3.74. The maximum absolute atomic E-state index is 12.5. The van der Waals surface area contributed by atoms with Gasteiger partial charge in [-0.15, -0.1) is 0 Å². The molecule has 0 aliphatic heterocycles. The summed E-state index contributed by atoms with van der Waals surface area (Å²) in [7, 11) is -4.24. The number of amides is 2. The van der Waals surface area contributed by atoms with Gasteiger partial charge < -0.3 is 5.32 Å². The first-order chi connectivity index (χ1) is 13.4. The average Bonchev–Trinajstić information content (AvgIpc) is 2.62. The summed E-state index contributed by atoms with van der Waals surface area (Å²) >= 11 is 0. The molecule has 0 aliphatic carbocycles. The van der Waals surface area contributed by atoms with E-state index in [1.807, 2.05) is 51.5 Å². The average molecular weight is 419 g/mol. The molecule has 0 spiro atoms. The minimum atomic E-state index is -4.24. The summed E-state index contributed by atoms with van der Waals surface area (Å²) in [5, 5.41) is 2.24. The number of carbonyl (C=O) groups excluding carboxylic acids is 2. The van der Waals surface area contributed by atoms with Gasteiger partial charge in [0.2, 0.25) is 0 Å². The Morgan fingerprint density at radius 1 is 0.966 bits per heavy atom. The van der Waals surface area contributed by atoms with Crippen molar-refractivity contribution in [1.82, 2.24) is 14.7 Å². The highest BCUT2D eigenvalue weighted by atomic mass is 32.2. The lowest BCUT2D eigenvalue weighted by atomic mass is 9.90. The summed E-state index contributed by atoms with van der Waals surface area (Å²) in [6.07, 6.45) is 2.00. The summed E-state index contributed by atoms with van der Waals surface area (Å²) in [4.78, 5) is 31.2. The third-order valence-electron chi connectivity index (χ3n) is 4.32. The number of rotatable bonds is 6. The molecule has 2 N–H and O–H groups in total. The number of sulfonamides is 1. The van der Waals surface area contributed by atoms with Gasteiger partial charge >= 0.3 is 6.03 Å². The first-order valence-electron chi connectivity index (χ1n) is 9.23. The third-order valence-corrected chi connectivity index (χ3v) is 5.53. The minimum absolute atomic E-state index is 0.0382. The fraction of sp³-hybridized carbons (Fsp3) is 0.400. The molecule has 8 nitrogen and oxygen atoms in total. The van der Waals surface area contributed by atoms with Gasteiger partial charge in [0.05, 0.1) is 12.4 Å². The first kappa shape index (κ1) is 22.5. The SMILES string of the molecule is CC(=O)c1cnc(S(=O)(=O)NC(=O)Nc2c(C(C)C)cc(C)cc2C(C)C)cn1. The molecule has 0 saturated heterocycles. The van der Waals surface area contributed by atoms with E-state index in [0.717, 1.165) is 29.1 Å². The smallest absolute Gasteiger partial charge is 0.307 e. The molecule has 1 aromatic carbocycles. The minimum Gasteiger partial charge on any atom is -0.307 e. The summed E-state index contributed by atoms with van der Waals surface area (Å²) in [5.74, 6) is -0.0810. The number of carbonyl (C=O) groups is 2. The highest BCUT2D eigenvalue weighted by molar-refractivity contribution is 7.90. The highest BCUT2D eigenvalue weighted by Crippen LogP contribution is 2.33. The summed E-state index contributed by atoms with van der Waals surface area (Å²) < 4.78 is 26.8. The van der Waals surface area contributed by atoms with Crippen LogP contribution >= 0.6 is 0 Å². The molecule has 1 heterocycles. The van der Waals surface area contributed by atoms with Gasteiger partial charge in [-0.1, -0.05) is 45.4 Å². The second-order valence-corrected chi connectivity index (χ2v) is 9.11. The molecule has 156 valence electrons. The fourth-order valence-corrected chi connectivity index (χ4v) is 3.63. The van der Waals surface area contributed by atoms with Crippen LogP contribution in [0.15, 0.2) is 29.6 Å². The van der Waals surface area contributed by atoms with E-state index < -0.39 is 21.1 Å². The van der Waals surface area contributed by atoms with Crippen molar-refractivity contribution in [3.63, 3.8) is 0 Å². The zero-order valence-corrected chi connectivity index (χ0v) is 18.2. The van der Waals surface area contributed by atoms with Crippen molar-refractivity contribution in [2.45, 2.75) is 58.4 Å². The van der Waals surface area contributed by atoms with Crippen molar-refractivity contribution in [2.24, 2.45) is 0 Å². The monoisotopic (exact) mass is 418 g/mol. The van der Waals surface area contributed by atoms with E-state index in [-0.39, 0.29) is 23.3 Å². The lowest BCUT2D eigenvalue weighted by Crippen LogP contribution is -2.35. The van der Waals surface area contributed by atoms with Crippen LogP contribution in [0, 0.1) is 6.92 Å². The lowest BCUT2D eigenvalue weighted by Gasteiger charge is -2.21. The zero-order chi connectivity index (χ0) is 21.9. The Morgan fingerprint density at radius 3 is 1.93 bits per heavy atom. The molecule has 0 aliphatic rings. The Balaban J connectivity index is 2.31. The van der Waals surface area contributed by atoms with Crippen LogP contribution in [0.4, 0.5) is 10.5 Å². The highest BCUT2D eigenvalue weighted by Gasteiger charge is 2.23. The molecule has 0 fully saturated rings. The third kappa shape index (κ3) is 5.38. The van der Waals surface area contributed by atoms with Crippen molar-refractivity contribution < 1.29 is 18.0 Å². The van der Waals surface area contributed by atoms with Crippen LogP contribution in [0.2, 0.25) is 0 Å². The van der Waals surface area contributed by atoms with Gasteiger partial charge in [-0.25, -0.2) is 19.5 Å². The molecule has 2 amide bonds. The Hall–Kier alpha value is -2.81. The van der Waals surface area contributed by atoms with E-state index in [4.69, 9.17) is 0 Å². The van der Waals surface area contributed by atoms with E-state index in [9.17, 15) is 18.0 Å². The van der Waals surface area contributed by atoms with Crippen LogP contribution in [0.5, 0.6) is 0 Å². The van der Waals surface area contributed by atoms with Gasteiger partial charge in [0, 0.05) is 12.6 Å². The number of hydrogen-bond donors (Lipinski definition) is 2. The van der Waals surface area contributed by atoms with Crippen LogP contribution in [0.1, 0.15) is 73.6 Å². The number of hydrogen-bond acceptors (Lipinski definition) is 6. The molecule has 29 heavy (non-hydrogen) atoms. The van der Waals surface area contributed by atoms with Crippen molar-refractivity contribution in [3.05, 3.63) is 46.9 Å². The summed E-state index contributed by atoms with van der Waals surface area (Å²) in [6.45, 7) is 11.3. The van der Waals surface area contributed by atoms with Gasteiger partial charge in [-0.05, 0) is 29.9 Å². The van der Waals surface area contributed by atoms with Crippen LogP contribution in [-0.2, 0) is 10.0 Å². The topological polar surface area (TPSA) is 118 Å².